The lowest BCUT2D eigenvalue weighted by Gasteiger charge is -2.10. The van der Waals surface area contributed by atoms with Crippen LogP contribution in [-0.4, -0.2) is 26.2 Å². The minimum absolute atomic E-state index is 0.519. The third-order valence-corrected chi connectivity index (χ3v) is 3.60. The van der Waals surface area contributed by atoms with Gasteiger partial charge < -0.3 is 9.67 Å². The van der Waals surface area contributed by atoms with E-state index >= 15 is 0 Å². The molecule has 0 saturated heterocycles. The quantitative estimate of drug-likeness (QED) is 0.829. The molecule has 3 nitrogen and oxygen atoms in total. The van der Waals surface area contributed by atoms with Gasteiger partial charge in [0.15, 0.2) is 0 Å². The molecule has 1 aromatic carbocycles. The van der Waals surface area contributed by atoms with Gasteiger partial charge in [-0.3, -0.25) is 0 Å². The zero-order chi connectivity index (χ0) is 12.3. The summed E-state index contributed by atoms with van der Waals surface area (Å²) >= 11 is 1.91. The maximum atomic E-state index is 9.77. The Hall–Kier alpha value is -1.00. The molecule has 92 valence electrons. The second kappa shape index (κ2) is 5.56. The van der Waals surface area contributed by atoms with E-state index in [0.29, 0.717) is 0 Å². The number of para-hydroxylation sites is 2. The molecule has 0 bridgehead atoms. The third kappa shape index (κ3) is 2.64. The highest BCUT2D eigenvalue weighted by molar-refractivity contribution is 7.99. The number of aliphatic hydroxyl groups excluding tert-OH is 1. The Morgan fingerprint density at radius 2 is 2.18 bits per heavy atom. The maximum Gasteiger partial charge on any atom is 0.138 e. The first kappa shape index (κ1) is 12.5. The Labute approximate surface area is 106 Å². The minimum Gasteiger partial charge on any atom is -0.385 e. The van der Waals surface area contributed by atoms with Gasteiger partial charge in [-0.2, -0.15) is 11.8 Å². The van der Waals surface area contributed by atoms with Crippen LogP contribution in [-0.2, 0) is 6.54 Å². The number of rotatable bonds is 5. The number of aromatic nitrogens is 2. The molecule has 0 saturated carbocycles. The van der Waals surface area contributed by atoms with Crippen LogP contribution in [0.1, 0.15) is 25.8 Å². The molecule has 17 heavy (non-hydrogen) atoms. The smallest absolute Gasteiger partial charge is 0.138 e. The van der Waals surface area contributed by atoms with Gasteiger partial charge in [-0.05, 0) is 24.8 Å². The van der Waals surface area contributed by atoms with Crippen LogP contribution >= 0.6 is 11.8 Å². The fourth-order valence-electron chi connectivity index (χ4n) is 1.95. The van der Waals surface area contributed by atoms with Crippen molar-refractivity contribution in [3.63, 3.8) is 0 Å². The molecule has 4 heteroatoms. The fraction of sp³-hybridized carbons (Fsp3) is 0.462. The van der Waals surface area contributed by atoms with Crippen molar-refractivity contribution < 1.29 is 5.11 Å². The highest BCUT2D eigenvalue weighted by atomic mass is 32.2. The molecule has 0 radical (unpaired) electrons. The summed E-state index contributed by atoms with van der Waals surface area (Å²) in [6, 6.07) is 8.04. The summed E-state index contributed by atoms with van der Waals surface area (Å²) in [6.07, 6.45) is -0.519. The van der Waals surface area contributed by atoms with Crippen LogP contribution in [0.4, 0.5) is 0 Å². The number of nitrogens with zero attached hydrogens (tertiary/aromatic N) is 2. The lowest BCUT2D eigenvalue weighted by Crippen LogP contribution is -2.08. The fourth-order valence-corrected chi connectivity index (χ4v) is 2.55. The van der Waals surface area contributed by atoms with E-state index < -0.39 is 6.10 Å². The highest BCUT2D eigenvalue weighted by Gasteiger charge is 2.13. The van der Waals surface area contributed by atoms with Gasteiger partial charge in [0.05, 0.1) is 11.0 Å². The second-order valence-electron chi connectivity index (χ2n) is 3.98. The Morgan fingerprint density at radius 1 is 1.41 bits per heavy atom. The van der Waals surface area contributed by atoms with Crippen molar-refractivity contribution in [3.05, 3.63) is 30.1 Å². The molecule has 0 amide bonds. The van der Waals surface area contributed by atoms with Gasteiger partial charge >= 0.3 is 0 Å². The monoisotopic (exact) mass is 250 g/mol. The van der Waals surface area contributed by atoms with Crippen molar-refractivity contribution in [1.29, 1.82) is 0 Å². The average Bonchev–Trinajstić information content (AvgIpc) is 2.69. The number of aryl methyl sites for hydroxylation is 1. The number of fused-ring (bicyclic) bond motifs is 1. The number of aliphatic hydroxyl groups is 1. The molecular weight excluding hydrogens is 232 g/mol. The molecule has 2 rings (SSSR count). The lowest BCUT2D eigenvalue weighted by atomic mass is 10.3. The van der Waals surface area contributed by atoms with E-state index in [1.54, 1.807) is 6.92 Å². The molecule has 1 heterocycles. The molecule has 0 aliphatic heterocycles. The van der Waals surface area contributed by atoms with Gasteiger partial charge in [0.2, 0.25) is 0 Å². The van der Waals surface area contributed by atoms with E-state index in [9.17, 15) is 5.11 Å². The Bertz CT molecular complexity index is 493. The summed E-state index contributed by atoms with van der Waals surface area (Å²) < 4.78 is 2.13. The summed E-state index contributed by atoms with van der Waals surface area (Å²) in [5.41, 5.74) is 2.07. The van der Waals surface area contributed by atoms with Crippen molar-refractivity contribution in [3.8, 4) is 0 Å². The standard InChI is InChI=1S/C13H18N2OS/c1-3-17-9-8-15-12-7-5-4-6-11(12)14-13(15)10(2)16/h4-7,10,16H,3,8-9H2,1-2H3/t10-/m0/s1. The molecule has 0 aliphatic rings. The summed E-state index contributed by atoms with van der Waals surface area (Å²) in [5.74, 6) is 2.94. The summed E-state index contributed by atoms with van der Waals surface area (Å²) in [6.45, 7) is 4.83. The van der Waals surface area contributed by atoms with E-state index in [-0.39, 0.29) is 0 Å². The van der Waals surface area contributed by atoms with Crippen LogP contribution in [0.3, 0.4) is 0 Å². The number of thioether (sulfide) groups is 1. The van der Waals surface area contributed by atoms with Crippen LogP contribution in [0, 0.1) is 0 Å². The summed E-state index contributed by atoms with van der Waals surface area (Å²) in [4.78, 5) is 4.49. The molecule has 0 aliphatic carbocycles. The Balaban J connectivity index is 2.37. The molecule has 0 unspecified atom stereocenters. The highest BCUT2D eigenvalue weighted by Crippen LogP contribution is 2.21. The average molecular weight is 250 g/mol. The molecule has 0 fully saturated rings. The molecule has 1 atom stereocenters. The second-order valence-corrected chi connectivity index (χ2v) is 5.38. The topological polar surface area (TPSA) is 38.0 Å². The number of hydrogen-bond donors (Lipinski definition) is 1. The zero-order valence-electron chi connectivity index (χ0n) is 10.3. The molecule has 1 N–H and O–H groups in total. The minimum atomic E-state index is -0.519. The van der Waals surface area contributed by atoms with Gasteiger partial charge in [0.25, 0.3) is 0 Å². The lowest BCUT2D eigenvalue weighted by molar-refractivity contribution is 0.185. The Kier molecular flexibility index (Phi) is 4.07. The van der Waals surface area contributed by atoms with Gasteiger partial charge in [0, 0.05) is 12.3 Å². The summed E-state index contributed by atoms with van der Waals surface area (Å²) in [7, 11) is 0. The molecule has 0 spiro atoms. The third-order valence-electron chi connectivity index (χ3n) is 2.72. The van der Waals surface area contributed by atoms with Crippen LogP contribution in [0.2, 0.25) is 0 Å². The molecular formula is C13H18N2OS. The van der Waals surface area contributed by atoms with Crippen LogP contribution < -0.4 is 0 Å². The number of hydrogen-bond acceptors (Lipinski definition) is 3. The predicted octanol–water partition coefficient (Wildman–Crippen LogP) is 2.84. The van der Waals surface area contributed by atoms with Crippen molar-refractivity contribution in [2.45, 2.75) is 26.5 Å². The van der Waals surface area contributed by atoms with E-state index in [4.69, 9.17) is 0 Å². The first-order chi connectivity index (χ1) is 8.24. The van der Waals surface area contributed by atoms with Gasteiger partial charge in [-0.25, -0.2) is 4.98 Å². The molecule has 1 aromatic heterocycles. The largest absolute Gasteiger partial charge is 0.385 e. The van der Waals surface area contributed by atoms with Crippen molar-refractivity contribution >= 4 is 22.8 Å². The van der Waals surface area contributed by atoms with Crippen LogP contribution in [0.5, 0.6) is 0 Å². The van der Waals surface area contributed by atoms with Crippen LogP contribution in [0.25, 0.3) is 11.0 Å². The maximum absolute atomic E-state index is 9.77. The summed E-state index contributed by atoms with van der Waals surface area (Å²) in [5, 5.41) is 9.77. The van der Waals surface area contributed by atoms with E-state index in [1.165, 1.54) is 0 Å². The van der Waals surface area contributed by atoms with Gasteiger partial charge in [-0.1, -0.05) is 19.1 Å². The first-order valence-corrected chi connectivity index (χ1v) is 7.10. The van der Waals surface area contributed by atoms with Gasteiger partial charge in [0.1, 0.15) is 11.9 Å². The Morgan fingerprint density at radius 3 is 2.88 bits per heavy atom. The number of imidazole rings is 1. The normalized spacial score (nSPS) is 13.1. The van der Waals surface area contributed by atoms with E-state index in [0.717, 1.165) is 34.9 Å². The van der Waals surface area contributed by atoms with Crippen molar-refractivity contribution in [2.24, 2.45) is 0 Å². The first-order valence-electron chi connectivity index (χ1n) is 5.95. The number of benzene rings is 1. The molecule has 2 aromatic rings. The van der Waals surface area contributed by atoms with Crippen molar-refractivity contribution in [2.75, 3.05) is 11.5 Å². The van der Waals surface area contributed by atoms with E-state index in [1.807, 2.05) is 30.0 Å². The van der Waals surface area contributed by atoms with Crippen molar-refractivity contribution in [1.82, 2.24) is 9.55 Å². The van der Waals surface area contributed by atoms with E-state index in [2.05, 4.69) is 22.5 Å². The van der Waals surface area contributed by atoms with Gasteiger partial charge in [-0.15, -0.1) is 0 Å². The van der Waals surface area contributed by atoms with Crippen LogP contribution in [0.15, 0.2) is 24.3 Å². The predicted molar refractivity (Wildman–Crippen MR) is 73.4 cm³/mol. The SMILES string of the molecule is CCSCCn1c([C@H](C)O)nc2ccccc21. The zero-order valence-corrected chi connectivity index (χ0v) is 11.1.